The van der Waals surface area contributed by atoms with Crippen molar-refractivity contribution in [2.24, 2.45) is 17.3 Å². The fraction of sp³-hybridized carbons (Fsp3) is 0.917. The van der Waals surface area contributed by atoms with E-state index in [4.69, 9.17) is 0 Å². The second kappa shape index (κ2) is 4.52. The van der Waals surface area contributed by atoms with Crippen LogP contribution in [0.4, 0.5) is 0 Å². The van der Waals surface area contributed by atoms with E-state index < -0.39 is 0 Å². The molecule has 1 aliphatic carbocycles. The number of hydrogen-bond donors (Lipinski definition) is 2. The molecule has 1 rings (SSSR count). The van der Waals surface area contributed by atoms with Gasteiger partial charge in [0.05, 0.1) is 6.10 Å². The van der Waals surface area contributed by atoms with Crippen LogP contribution in [0.1, 0.15) is 40.5 Å². The number of carbonyl (C=O) groups excluding carboxylic acids is 1. The Morgan fingerprint density at radius 2 is 2.07 bits per heavy atom. The molecule has 15 heavy (non-hydrogen) atoms. The molecule has 3 atom stereocenters. The van der Waals surface area contributed by atoms with E-state index in [-0.39, 0.29) is 23.3 Å². The van der Waals surface area contributed by atoms with Crippen LogP contribution < -0.4 is 5.32 Å². The van der Waals surface area contributed by atoms with Gasteiger partial charge in [-0.2, -0.15) is 0 Å². The number of hydrogen-bond acceptors (Lipinski definition) is 2. The monoisotopic (exact) mass is 213 g/mol. The molecule has 1 saturated carbocycles. The number of nitrogens with one attached hydrogen (secondary N) is 1. The van der Waals surface area contributed by atoms with Crippen LogP contribution in [-0.4, -0.2) is 23.7 Å². The minimum absolute atomic E-state index is 0.178. The molecule has 0 spiro atoms. The summed E-state index contributed by atoms with van der Waals surface area (Å²) in [5.41, 5.74) is 0.206. The summed E-state index contributed by atoms with van der Waals surface area (Å²) in [6.07, 6.45) is 1.46. The van der Waals surface area contributed by atoms with Crippen molar-refractivity contribution < 1.29 is 9.90 Å². The van der Waals surface area contributed by atoms with Crippen molar-refractivity contribution in [1.82, 2.24) is 5.32 Å². The molecule has 88 valence electrons. The van der Waals surface area contributed by atoms with E-state index in [9.17, 15) is 9.90 Å². The van der Waals surface area contributed by atoms with Gasteiger partial charge in [-0.1, -0.05) is 20.8 Å². The third-order valence-electron chi connectivity index (χ3n) is 3.20. The average molecular weight is 213 g/mol. The highest BCUT2D eigenvalue weighted by atomic mass is 16.3. The molecule has 1 aliphatic rings. The lowest BCUT2D eigenvalue weighted by Gasteiger charge is -2.14. The van der Waals surface area contributed by atoms with Crippen molar-refractivity contribution in [2.45, 2.75) is 46.6 Å². The van der Waals surface area contributed by atoms with Gasteiger partial charge in [-0.3, -0.25) is 4.79 Å². The minimum Gasteiger partial charge on any atom is -0.393 e. The first-order valence-corrected chi connectivity index (χ1v) is 5.78. The Bertz CT molecular complexity index is 236. The van der Waals surface area contributed by atoms with Gasteiger partial charge in [0, 0.05) is 12.5 Å². The number of carbonyl (C=O) groups is 1. The summed E-state index contributed by atoms with van der Waals surface area (Å²) in [5, 5.41) is 12.1. The first-order valence-electron chi connectivity index (χ1n) is 5.78. The van der Waals surface area contributed by atoms with Crippen molar-refractivity contribution in [1.29, 1.82) is 0 Å². The van der Waals surface area contributed by atoms with E-state index >= 15 is 0 Å². The Labute approximate surface area is 92.3 Å². The highest BCUT2D eigenvalue weighted by molar-refractivity contribution is 5.82. The van der Waals surface area contributed by atoms with E-state index in [0.29, 0.717) is 12.5 Å². The van der Waals surface area contributed by atoms with E-state index in [1.165, 1.54) is 0 Å². The molecule has 0 aliphatic heterocycles. The molecule has 0 aromatic heterocycles. The van der Waals surface area contributed by atoms with Crippen molar-refractivity contribution in [3.63, 3.8) is 0 Å². The number of aliphatic hydroxyl groups excluding tert-OH is 1. The van der Waals surface area contributed by atoms with Crippen LogP contribution in [0.2, 0.25) is 0 Å². The van der Waals surface area contributed by atoms with Crippen molar-refractivity contribution in [2.75, 3.05) is 6.54 Å². The van der Waals surface area contributed by atoms with Crippen molar-refractivity contribution >= 4 is 5.91 Å². The topological polar surface area (TPSA) is 49.3 Å². The molecule has 0 heterocycles. The van der Waals surface area contributed by atoms with Gasteiger partial charge in [0.15, 0.2) is 0 Å². The zero-order chi connectivity index (χ0) is 11.6. The van der Waals surface area contributed by atoms with Gasteiger partial charge in [-0.05, 0) is 31.1 Å². The Balaban J connectivity index is 2.18. The summed E-state index contributed by atoms with van der Waals surface area (Å²) < 4.78 is 0. The zero-order valence-corrected chi connectivity index (χ0v) is 10.2. The van der Waals surface area contributed by atoms with Crippen LogP contribution in [-0.2, 0) is 4.79 Å². The molecule has 3 nitrogen and oxygen atoms in total. The molecule has 0 saturated heterocycles. The lowest BCUT2D eigenvalue weighted by atomic mass is 10.0. The fourth-order valence-electron chi connectivity index (χ4n) is 1.98. The molecule has 3 unspecified atom stereocenters. The van der Waals surface area contributed by atoms with Gasteiger partial charge in [0.1, 0.15) is 0 Å². The van der Waals surface area contributed by atoms with Gasteiger partial charge in [-0.25, -0.2) is 0 Å². The molecule has 0 radical (unpaired) electrons. The van der Waals surface area contributed by atoms with Crippen LogP contribution in [0.25, 0.3) is 0 Å². The van der Waals surface area contributed by atoms with Crippen LogP contribution in [0, 0.1) is 17.3 Å². The molecule has 3 heteroatoms. The number of aliphatic hydroxyl groups is 1. The average Bonchev–Trinajstić information content (AvgIpc) is 2.70. The summed E-state index contributed by atoms with van der Waals surface area (Å²) in [5.74, 6) is 0.726. The normalized spacial score (nSPS) is 26.9. The molecule has 1 amide bonds. The molecule has 2 N–H and O–H groups in total. The SMILES string of the molecule is CC(O)CC(C)CNC(=O)C1CC1(C)C. The second-order valence-corrected chi connectivity index (χ2v) is 5.68. The summed E-state index contributed by atoms with van der Waals surface area (Å²) in [7, 11) is 0. The minimum atomic E-state index is -0.283. The first kappa shape index (κ1) is 12.5. The van der Waals surface area contributed by atoms with Gasteiger partial charge < -0.3 is 10.4 Å². The first-order chi connectivity index (χ1) is 6.83. The third-order valence-corrected chi connectivity index (χ3v) is 3.20. The highest BCUT2D eigenvalue weighted by Crippen LogP contribution is 2.51. The maximum atomic E-state index is 11.6. The van der Waals surface area contributed by atoms with Gasteiger partial charge in [-0.15, -0.1) is 0 Å². The van der Waals surface area contributed by atoms with Crippen LogP contribution in [0.15, 0.2) is 0 Å². The molecular formula is C12H23NO2. The molecule has 0 aromatic rings. The van der Waals surface area contributed by atoms with E-state index in [0.717, 1.165) is 12.8 Å². The molecule has 1 fully saturated rings. The maximum absolute atomic E-state index is 11.6. The summed E-state index contributed by atoms with van der Waals surface area (Å²) in [6.45, 7) is 8.75. The molecule has 0 aromatic carbocycles. The standard InChI is InChI=1S/C12H23NO2/c1-8(5-9(2)14)7-13-11(15)10-6-12(10,3)4/h8-10,14H,5-7H2,1-4H3,(H,13,15). The fourth-order valence-corrected chi connectivity index (χ4v) is 1.98. The molecular weight excluding hydrogens is 190 g/mol. The van der Waals surface area contributed by atoms with Crippen molar-refractivity contribution in [3.05, 3.63) is 0 Å². The predicted octanol–water partition coefficient (Wildman–Crippen LogP) is 1.56. The summed E-state index contributed by atoms with van der Waals surface area (Å²) in [6, 6.07) is 0. The maximum Gasteiger partial charge on any atom is 0.223 e. The Morgan fingerprint density at radius 3 is 2.47 bits per heavy atom. The summed E-state index contributed by atoms with van der Waals surface area (Å²) >= 11 is 0. The number of rotatable bonds is 5. The van der Waals surface area contributed by atoms with E-state index in [2.05, 4.69) is 19.2 Å². The van der Waals surface area contributed by atoms with Crippen LogP contribution in [0.5, 0.6) is 0 Å². The van der Waals surface area contributed by atoms with Crippen LogP contribution in [0.3, 0.4) is 0 Å². The smallest absolute Gasteiger partial charge is 0.223 e. The van der Waals surface area contributed by atoms with E-state index in [1.807, 2.05) is 6.92 Å². The van der Waals surface area contributed by atoms with Crippen LogP contribution >= 0.6 is 0 Å². The predicted molar refractivity (Wildman–Crippen MR) is 60.4 cm³/mol. The van der Waals surface area contributed by atoms with Gasteiger partial charge in [0.2, 0.25) is 5.91 Å². The molecule has 0 bridgehead atoms. The van der Waals surface area contributed by atoms with E-state index in [1.54, 1.807) is 6.92 Å². The number of amides is 1. The van der Waals surface area contributed by atoms with Gasteiger partial charge >= 0.3 is 0 Å². The zero-order valence-electron chi connectivity index (χ0n) is 10.2. The Morgan fingerprint density at radius 1 is 1.53 bits per heavy atom. The Hall–Kier alpha value is -0.570. The lowest BCUT2D eigenvalue weighted by molar-refractivity contribution is -0.123. The largest absolute Gasteiger partial charge is 0.393 e. The van der Waals surface area contributed by atoms with Gasteiger partial charge in [0.25, 0.3) is 0 Å². The van der Waals surface area contributed by atoms with Crippen molar-refractivity contribution in [3.8, 4) is 0 Å². The quantitative estimate of drug-likeness (QED) is 0.728. The lowest BCUT2D eigenvalue weighted by Crippen LogP contribution is -2.31. The summed E-state index contributed by atoms with van der Waals surface area (Å²) in [4.78, 5) is 11.6. The highest BCUT2D eigenvalue weighted by Gasteiger charge is 2.50. The third kappa shape index (κ3) is 3.82. The second-order valence-electron chi connectivity index (χ2n) is 5.68. The Kier molecular flexibility index (Phi) is 3.77.